The lowest BCUT2D eigenvalue weighted by Gasteiger charge is -2.37. The predicted molar refractivity (Wildman–Crippen MR) is 192 cm³/mol. The van der Waals surface area contributed by atoms with Crippen LogP contribution in [0.5, 0.6) is 0 Å². The van der Waals surface area contributed by atoms with Crippen molar-refractivity contribution in [2.24, 2.45) is 11.8 Å². The van der Waals surface area contributed by atoms with Gasteiger partial charge in [0.05, 0.1) is 12.1 Å². The zero-order chi connectivity index (χ0) is 36.7. The number of hydrogen-bond donors (Lipinski definition) is 2. The Morgan fingerprint density at radius 1 is 0.902 bits per heavy atom. The molecule has 2 aromatic rings. The Bertz CT molecular complexity index is 1530. The van der Waals surface area contributed by atoms with Crippen LogP contribution in [0.3, 0.4) is 0 Å². The molecule has 12 nitrogen and oxygen atoms in total. The van der Waals surface area contributed by atoms with E-state index in [9.17, 15) is 24.0 Å². The molecule has 0 bridgehead atoms. The smallest absolute Gasteiger partial charge is 0.410 e. The average Bonchev–Trinajstić information content (AvgIpc) is 3.70. The third-order valence-corrected chi connectivity index (χ3v) is 10.3. The Kier molecular flexibility index (Phi) is 12.3. The van der Waals surface area contributed by atoms with Crippen molar-refractivity contribution in [1.82, 2.24) is 20.0 Å². The zero-order valence-electron chi connectivity index (χ0n) is 30.5. The van der Waals surface area contributed by atoms with E-state index in [2.05, 4.69) is 10.6 Å². The van der Waals surface area contributed by atoms with Crippen LogP contribution in [-0.4, -0.2) is 94.5 Å². The van der Waals surface area contributed by atoms with Crippen molar-refractivity contribution in [3.8, 4) is 0 Å². The zero-order valence-corrected chi connectivity index (χ0v) is 30.5. The largest absolute Gasteiger partial charge is 0.445 e. The maximum atomic E-state index is 14.7. The van der Waals surface area contributed by atoms with E-state index in [1.807, 2.05) is 60.7 Å². The molecular formula is C39H53N5O7. The number of nitrogens with zero attached hydrogens (tertiary/aromatic N) is 3. The van der Waals surface area contributed by atoms with Gasteiger partial charge in [-0.15, -0.1) is 0 Å². The molecule has 276 valence electrons. The molecule has 1 saturated carbocycles. The number of likely N-dealkylation sites (N-methyl/N-ethyl adjacent to an activating group) is 1. The first-order valence-electron chi connectivity index (χ1n) is 18.2. The minimum Gasteiger partial charge on any atom is -0.445 e. The highest BCUT2D eigenvalue weighted by atomic mass is 16.6. The predicted octanol–water partition coefficient (Wildman–Crippen LogP) is 5.57. The van der Waals surface area contributed by atoms with Crippen LogP contribution < -0.4 is 10.6 Å². The third kappa shape index (κ3) is 9.59. The van der Waals surface area contributed by atoms with Crippen molar-refractivity contribution in [3.05, 3.63) is 66.2 Å². The van der Waals surface area contributed by atoms with E-state index in [4.69, 9.17) is 9.47 Å². The summed E-state index contributed by atoms with van der Waals surface area (Å²) in [6, 6.07) is 16.1. The van der Waals surface area contributed by atoms with Crippen molar-refractivity contribution < 1.29 is 33.4 Å². The van der Waals surface area contributed by atoms with Crippen LogP contribution in [0.2, 0.25) is 0 Å². The second-order valence-corrected chi connectivity index (χ2v) is 15.1. The quantitative estimate of drug-likeness (QED) is 0.330. The third-order valence-electron chi connectivity index (χ3n) is 10.3. The number of nitrogens with one attached hydrogen (secondary N) is 2. The fourth-order valence-corrected chi connectivity index (χ4v) is 7.60. The number of likely N-dealkylation sites (tertiary alicyclic amines) is 2. The van der Waals surface area contributed by atoms with E-state index < -0.39 is 41.8 Å². The van der Waals surface area contributed by atoms with E-state index in [-0.39, 0.29) is 49.3 Å². The Balaban J connectivity index is 1.36. The van der Waals surface area contributed by atoms with Gasteiger partial charge in [-0.2, -0.15) is 0 Å². The van der Waals surface area contributed by atoms with E-state index >= 15 is 0 Å². The van der Waals surface area contributed by atoms with E-state index in [0.29, 0.717) is 18.7 Å². The fourth-order valence-electron chi connectivity index (χ4n) is 7.60. The summed E-state index contributed by atoms with van der Waals surface area (Å²) >= 11 is 0. The van der Waals surface area contributed by atoms with Gasteiger partial charge in [0.1, 0.15) is 24.3 Å². The topological polar surface area (TPSA) is 138 Å². The number of para-hydroxylation sites is 1. The van der Waals surface area contributed by atoms with Gasteiger partial charge in [-0.05, 0) is 70.6 Å². The molecule has 5 unspecified atom stereocenters. The molecule has 0 radical (unpaired) electrons. The molecular weight excluding hydrogens is 650 g/mol. The molecule has 2 N–H and O–H groups in total. The molecule has 2 saturated heterocycles. The van der Waals surface area contributed by atoms with Crippen LogP contribution in [0.15, 0.2) is 60.7 Å². The first-order chi connectivity index (χ1) is 24.3. The Morgan fingerprint density at radius 2 is 1.55 bits per heavy atom. The number of carbonyl (C=O) groups is 5. The van der Waals surface area contributed by atoms with Crippen LogP contribution in [-0.2, 0) is 30.5 Å². The molecule has 3 fully saturated rings. The lowest BCUT2D eigenvalue weighted by atomic mass is 9.82. The summed E-state index contributed by atoms with van der Waals surface area (Å²) in [5.74, 6) is -1.31. The molecule has 5 atom stereocenters. The van der Waals surface area contributed by atoms with Crippen molar-refractivity contribution in [2.75, 3.05) is 25.5 Å². The molecule has 2 aliphatic heterocycles. The lowest BCUT2D eigenvalue weighted by Crippen LogP contribution is -2.58. The van der Waals surface area contributed by atoms with E-state index in [0.717, 1.165) is 37.7 Å². The second-order valence-electron chi connectivity index (χ2n) is 15.1. The van der Waals surface area contributed by atoms with Crippen LogP contribution >= 0.6 is 0 Å². The number of hydrogen-bond acceptors (Lipinski definition) is 7. The van der Waals surface area contributed by atoms with E-state index in [1.165, 1.54) is 11.9 Å². The van der Waals surface area contributed by atoms with Crippen LogP contribution in [0.25, 0.3) is 0 Å². The van der Waals surface area contributed by atoms with Gasteiger partial charge in [0.25, 0.3) is 0 Å². The molecule has 2 aromatic carbocycles. The van der Waals surface area contributed by atoms with Gasteiger partial charge >= 0.3 is 12.2 Å². The molecule has 1 aliphatic carbocycles. The highest BCUT2D eigenvalue weighted by Gasteiger charge is 2.54. The van der Waals surface area contributed by atoms with Crippen LogP contribution in [0.1, 0.15) is 78.2 Å². The minimum absolute atomic E-state index is 0.0820. The number of anilines is 1. The Hall–Kier alpha value is -4.61. The summed E-state index contributed by atoms with van der Waals surface area (Å²) in [6.45, 7) is 7.64. The van der Waals surface area contributed by atoms with Gasteiger partial charge in [0.2, 0.25) is 17.7 Å². The molecule has 51 heavy (non-hydrogen) atoms. The number of fused-ring (bicyclic) bond motifs is 1. The monoisotopic (exact) mass is 703 g/mol. The van der Waals surface area contributed by atoms with Crippen molar-refractivity contribution >= 4 is 35.6 Å². The summed E-state index contributed by atoms with van der Waals surface area (Å²) in [5, 5.41) is 5.99. The van der Waals surface area contributed by atoms with Crippen molar-refractivity contribution in [3.63, 3.8) is 0 Å². The van der Waals surface area contributed by atoms with Crippen LogP contribution in [0, 0.1) is 11.8 Å². The SMILES string of the molecule is CC(C(=O)NC(C(=O)N1CCC2C1C(CC(=O)Nc1ccccc1)CN2C(=O)OCc1ccccc1)C1CCCCC1)N(C)C(=O)OC(C)(C)C. The summed E-state index contributed by atoms with van der Waals surface area (Å²) in [7, 11) is 1.51. The van der Waals surface area contributed by atoms with Crippen molar-refractivity contribution in [1.29, 1.82) is 0 Å². The summed E-state index contributed by atoms with van der Waals surface area (Å²) < 4.78 is 11.2. The highest BCUT2D eigenvalue weighted by molar-refractivity contribution is 5.93. The first kappa shape index (κ1) is 37.6. The summed E-state index contributed by atoms with van der Waals surface area (Å²) in [5.41, 5.74) is 0.800. The lowest BCUT2D eigenvalue weighted by molar-refractivity contribution is -0.141. The van der Waals surface area contributed by atoms with Crippen LogP contribution in [0.4, 0.5) is 15.3 Å². The molecule has 5 rings (SSSR count). The molecule has 3 aliphatic rings. The van der Waals surface area contributed by atoms with Gasteiger partial charge in [-0.25, -0.2) is 9.59 Å². The van der Waals surface area contributed by atoms with E-state index in [1.54, 1.807) is 37.5 Å². The Labute approximate surface area is 301 Å². The first-order valence-corrected chi connectivity index (χ1v) is 18.2. The van der Waals surface area contributed by atoms with Gasteiger partial charge in [-0.1, -0.05) is 67.8 Å². The summed E-state index contributed by atoms with van der Waals surface area (Å²) in [4.78, 5) is 72.9. The summed E-state index contributed by atoms with van der Waals surface area (Å²) in [6.07, 6.45) is 4.05. The number of amides is 5. The number of carbonyl (C=O) groups excluding carboxylic acids is 5. The maximum Gasteiger partial charge on any atom is 0.410 e. The Morgan fingerprint density at radius 3 is 2.20 bits per heavy atom. The number of ether oxygens (including phenoxy) is 2. The normalized spacial score (nSPS) is 21.6. The average molecular weight is 704 g/mol. The number of benzene rings is 2. The second kappa shape index (κ2) is 16.6. The van der Waals surface area contributed by atoms with Gasteiger partial charge in [0.15, 0.2) is 0 Å². The highest BCUT2D eigenvalue weighted by Crippen LogP contribution is 2.39. The minimum atomic E-state index is -0.888. The standard InChI is InChI=1S/C39H53N5O7/c1-26(42(5)37(48)51-39(2,3)4)35(46)41-33(28-17-11-7-12-18-28)36(47)43-22-21-31-34(43)29(23-32(45)40-30-19-13-8-14-20-30)24-44(31)38(49)50-25-27-15-9-6-10-16-27/h6,8-10,13-16,19-20,26,28-29,31,33-34H,7,11-12,17-18,21-25H2,1-5H3,(H,40,45)(H,41,46). The molecule has 0 spiro atoms. The van der Waals surface area contributed by atoms with Crippen molar-refractivity contribution in [2.45, 2.75) is 109 Å². The van der Waals surface area contributed by atoms with Gasteiger partial charge < -0.3 is 29.9 Å². The molecule has 5 amide bonds. The molecule has 0 aromatic heterocycles. The maximum absolute atomic E-state index is 14.7. The van der Waals surface area contributed by atoms with Gasteiger partial charge in [0, 0.05) is 38.2 Å². The molecule has 2 heterocycles. The number of rotatable bonds is 10. The fraction of sp³-hybridized carbons (Fsp3) is 0.564. The molecule has 12 heteroatoms. The van der Waals surface area contributed by atoms with Gasteiger partial charge in [-0.3, -0.25) is 19.3 Å².